The molecule has 2 aromatic heterocycles. The molecule has 0 saturated carbocycles. The molecule has 16 heavy (non-hydrogen) atoms. The van der Waals surface area contributed by atoms with Gasteiger partial charge in [-0.15, -0.1) is 0 Å². The van der Waals surface area contributed by atoms with Crippen LogP contribution in [0.2, 0.25) is 0 Å². The number of carbonyl (C=O) groups is 1. The first-order valence-electron chi connectivity index (χ1n) is 4.70. The second-order valence-electron chi connectivity index (χ2n) is 3.29. The van der Waals surface area contributed by atoms with Gasteiger partial charge in [0.2, 0.25) is 0 Å². The fourth-order valence-electron chi connectivity index (χ4n) is 1.30. The first-order valence-corrected chi connectivity index (χ1v) is 4.70. The number of nitrogen functional groups attached to an aromatic ring is 1. The number of aromatic amines is 1. The predicted molar refractivity (Wildman–Crippen MR) is 59.9 cm³/mol. The van der Waals surface area contributed by atoms with Crippen molar-refractivity contribution in [3.8, 4) is 0 Å². The fourth-order valence-corrected chi connectivity index (χ4v) is 1.30. The Morgan fingerprint density at radius 1 is 1.56 bits per heavy atom. The lowest BCUT2D eigenvalue weighted by molar-refractivity contribution is 0.102. The molecule has 4 N–H and O–H groups in total. The van der Waals surface area contributed by atoms with Crippen LogP contribution in [0.3, 0.4) is 0 Å². The Balaban J connectivity index is 2.22. The van der Waals surface area contributed by atoms with Crippen molar-refractivity contribution in [1.82, 2.24) is 15.2 Å². The minimum absolute atomic E-state index is 0.262. The minimum Gasteiger partial charge on any atom is -0.394 e. The molecule has 0 radical (unpaired) electrons. The number of anilines is 2. The maximum absolute atomic E-state index is 11.8. The van der Waals surface area contributed by atoms with Gasteiger partial charge >= 0.3 is 0 Å². The molecular weight excluding hydrogens is 206 g/mol. The predicted octanol–water partition coefficient (Wildman–Crippen LogP) is 0.948. The van der Waals surface area contributed by atoms with Crippen molar-refractivity contribution in [3.63, 3.8) is 0 Å². The van der Waals surface area contributed by atoms with Gasteiger partial charge in [-0.2, -0.15) is 5.10 Å². The molecule has 0 aromatic carbocycles. The number of aromatic nitrogens is 3. The summed E-state index contributed by atoms with van der Waals surface area (Å²) in [6, 6.07) is 3.41. The van der Waals surface area contributed by atoms with Crippen molar-refractivity contribution in [2.45, 2.75) is 6.92 Å². The van der Waals surface area contributed by atoms with Crippen LogP contribution >= 0.6 is 0 Å². The molecule has 0 atom stereocenters. The van der Waals surface area contributed by atoms with Crippen molar-refractivity contribution in [2.75, 3.05) is 11.1 Å². The third kappa shape index (κ3) is 1.85. The van der Waals surface area contributed by atoms with E-state index in [1.54, 1.807) is 25.3 Å². The Bertz CT molecular complexity index is 519. The number of hydrogen-bond acceptors (Lipinski definition) is 4. The number of rotatable bonds is 2. The molecule has 2 heterocycles. The highest BCUT2D eigenvalue weighted by molar-refractivity contribution is 6.05. The average molecular weight is 217 g/mol. The molecule has 0 aliphatic rings. The highest BCUT2D eigenvalue weighted by atomic mass is 16.1. The topological polar surface area (TPSA) is 96.7 Å². The van der Waals surface area contributed by atoms with Crippen LogP contribution < -0.4 is 11.1 Å². The van der Waals surface area contributed by atoms with Crippen LogP contribution in [0, 0.1) is 6.92 Å². The number of nitrogens with one attached hydrogen (secondary N) is 2. The summed E-state index contributed by atoms with van der Waals surface area (Å²) in [6.07, 6.45) is 3.07. The van der Waals surface area contributed by atoms with Crippen LogP contribution in [0.4, 0.5) is 11.5 Å². The van der Waals surface area contributed by atoms with Gasteiger partial charge in [-0.3, -0.25) is 14.9 Å². The standard InChI is InChI=1S/C10H11N5O/c1-6-7(3-2-4-12-6)10(16)14-9-8(11)5-13-15-9/h2-5H,11H2,1H3,(H2,13,14,15,16). The molecule has 0 aliphatic carbocycles. The van der Waals surface area contributed by atoms with Crippen LogP contribution in [-0.2, 0) is 0 Å². The van der Waals surface area contributed by atoms with Gasteiger partial charge in [-0.05, 0) is 19.1 Å². The lowest BCUT2D eigenvalue weighted by Gasteiger charge is -2.05. The highest BCUT2D eigenvalue weighted by Gasteiger charge is 2.11. The zero-order valence-electron chi connectivity index (χ0n) is 8.69. The zero-order chi connectivity index (χ0) is 11.5. The van der Waals surface area contributed by atoms with E-state index in [4.69, 9.17) is 5.73 Å². The monoisotopic (exact) mass is 217 g/mol. The second kappa shape index (κ2) is 4.01. The van der Waals surface area contributed by atoms with E-state index in [1.165, 1.54) is 6.20 Å². The van der Waals surface area contributed by atoms with Crippen LogP contribution in [0.15, 0.2) is 24.5 Å². The van der Waals surface area contributed by atoms with Gasteiger partial charge in [0.1, 0.15) is 0 Å². The van der Waals surface area contributed by atoms with E-state index in [0.29, 0.717) is 22.8 Å². The summed E-state index contributed by atoms with van der Waals surface area (Å²) in [4.78, 5) is 15.9. The Morgan fingerprint density at radius 2 is 2.38 bits per heavy atom. The van der Waals surface area contributed by atoms with Gasteiger partial charge in [0.15, 0.2) is 5.82 Å². The first-order chi connectivity index (χ1) is 7.68. The van der Waals surface area contributed by atoms with Crippen molar-refractivity contribution in [2.24, 2.45) is 0 Å². The van der Waals surface area contributed by atoms with Gasteiger partial charge in [-0.25, -0.2) is 0 Å². The maximum atomic E-state index is 11.8. The highest BCUT2D eigenvalue weighted by Crippen LogP contribution is 2.14. The number of aryl methyl sites for hydroxylation is 1. The lowest BCUT2D eigenvalue weighted by Crippen LogP contribution is -2.15. The number of nitrogens with zero attached hydrogens (tertiary/aromatic N) is 2. The molecule has 0 fully saturated rings. The smallest absolute Gasteiger partial charge is 0.258 e. The normalized spacial score (nSPS) is 10.1. The molecule has 0 spiro atoms. The van der Waals surface area contributed by atoms with Crippen LogP contribution in [-0.4, -0.2) is 21.1 Å². The van der Waals surface area contributed by atoms with Crippen LogP contribution in [0.1, 0.15) is 16.1 Å². The number of H-pyrrole nitrogens is 1. The molecule has 82 valence electrons. The lowest BCUT2D eigenvalue weighted by atomic mass is 10.2. The molecule has 0 aliphatic heterocycles. The van der Waals surface area contributed by atoms with E-state index < -0.39 is 0 Å². The SMILES string of the molecule is Cc1ncccc1C(=O)Nc1[nH]ncc1N. The summed E-state index contributed by atoms with van der Waals surface area (Å²) < 4.78 is 0. The number of amides is 1. The molecule has 1 amide bonds. The largest absolute Gasteiger partial charge is 0.394 e. The van der Waals surface area contributed by atoms with Crippen molar-refractivity contribution in [3.05, 3.63) is 35.8 Å². The van der Waals surface area contributed by atoms with Crippen LogP contribution in [0.5, 0.6) is 0 Å². The van der Waals surface area contributed by atoms with Crippen molar-refractivity contribution < 1.29 is 4.79 Å². The quantitative estimate of drug-likeness (QED) is 0.697. The summed E-state index contributed by atoms with van der Waals surface area (Å²) in [5, 5.41) is 8.93. The number of pyridine rings is 1. The van der Waals surface area contributed by atoms with Crippen LogP contribution in [0.25, 0.3) is 0 Å². The Kier molecular flexibility index (Phi) is 2.55. The molecule has 2 rings (SSSR count). The van der Waals surface area contributed by atoms with Crippen molar-refractivity contribution in [1.29, 1.82) is 0 Å². The molecule has 0 bridgehead atoms. The third-order valence-corrected chi connectivity index (χ3v) is 2.16. The molecule has 2 aromatic rings. The molecule has 0 saturated heterocycles. The third-order valence-electron chi connectivity index (χ3n) is 2.16. The Labute approximate surface area is 91.9 Å². The van der Waals surface area contributed by atoms with Gasteiger partial charge < -0.3 is 11.1 Å². The fraction of sp³-hybridized carbons (Fsp3) is 0.100. The summed E-state index contributed by atoms with van der Waals surface area (Å²) >= 11 is 0. The zero-order valence-corrected chi connectivity index (χ0v) is 8.69. The number of nitrogens with two attached hydrogens (primary N) is 1. The first kappa shape index (κ1) is 10.2. The average Bonchev–Trinajstić information content (AvgIpc) is 2.65. The van der Waals surface area contributed by atoms with Gasteiger partial charge in [-0.1, -0.05) is 0 Å². The summed E-state index contributed by atoms with van der Waals surface area (Å²) in [5.41, 5.74) is 7.15. The molecule has 6 heteroatoms. The summed E-state index contributed by atoms with van der Waals surface area (Å²) in [6.45, 7) is 1.77. The van der Waals surface area contributed by atoms with Crippen molar-refractivity contribution >= 4 is 17.4 Å². The summed E-state index contributed by atoms with van der Waals surface area (Å²) in [7, 11) is 0. The molecule has 6 nitrogen and oxygen atoms in total. The molecular formula is C10H11N5O. The minimum atomic E-state index is -0.262. The number of hydrogen-bond donors (Lipinski definition) is 3. The second-order valence-corrected chi connectivity index (χ2v) is 3.29. The van der Waals surface area contributed by atoms with E-state index in [1.807, 2.05) is 0 Å². The Hall–Kier alpha value is -2.37. The van der Waals surface area contributed by atoms with Gasteiger partial charge in [0.25, 0.3) is 5.91 Å². The molecule has 0 unspecified atom stereocenters. The number of carbonyl (C=O) groups excluding carboxylic acids is 1. The van der Waals surface area contributed by atoms with E-state index >= 15 is 0 Å². The van der Waals surface area contributed by atoms with E-state index in [-0.39, 0.29) is 5.91 Å². The summed E-state index contributed by atoms with van der Waals surface area (Å²) in [5.74, 6) is 0.134. The maximum Gasteiger partial charge on any atom is 0.258 e. The van der Waals surface area contributed by atoms with Gasteiger partial charge in [0.05, 0.1) is 17.4 Å². The van der Waals surface area contributed by atoms with E-state index in [2.05, 4.69) is 20.5 Å². The Morgan fingerprint density at radius 3 is 3.00 bits per heavy atom. The van der Waals surface area contributed by atoms with E-state index in [9.17, 15) is 4.79 Å². The van der Waals surface area contributed by atoms with E-state index in [0.717, 1.165) is 0 Å². The van der Waals surface area contributed by atoms with Gasteiger partial charge in [0, 0.05) is 11.9 Å².